The molecule has 0 amide bonds. The number of rotatable bonds is 4. The van der Waals surface area contributed by atoms with Crippen LogP contribution < -0.4 is 10.6 Å². The molecule has 1 unspecified atom stereocenters. The lowest BCUT2D eigenvalue weighted by Gasteiger charge is -2.23. The van der Waals surface area contributed by atoms with Crippen LogP contribution in [-0.2, 0) is 4.74 Å². The molecule has 1 heterocycles. The third kappa shape index (κ3) is 3.67. The molecule has 0 saturated carbocycles. The fraction of sp³-hybridized carbons (Fsp3) is 0.500. The molecule has 1 saturated heterocycles. The predicted octanol–water partition coefficient (Wildman–Crippen LogP) is 2.13. The van der Waals surface area contributed by atoms with E-state index in [0.29, 0.717) is 6.04 Å². The quantitative estimate of drug-likeness (QED) is 0.846. The van der Waals surface area contributed by atoms with Crippen molar-refractivity contribution in [1.82, 2.24) is 5.32 Å². The summed E-state index contributed by atoms with van der Waals surface area (Å²) in [6, 6.07) is 8.26. The number of morpholine rings is 1. The summed E-state index contributed by atoms with van der Waals surface area (Å²) in [6.07, 6.45) is 1.06. The number of nitrogens with one attached hydrogen (secondary N) is 2. The second-order valence-corrected chi connectivity index (χ2v) is 4.39. The first-order valence-corrected chi connectivity index (χ1v) is 6.03. The Kier molecular flexibility index (Phi) is 4.45. The highest BCUT2D eigenvalue weighted by molar-refractivity contribution is 6.30. The van der Waals surface area contributed by atoms with Gasteiger partial charge in [0, 0.05) is 29.8 Å². The van der Waals surface area contributed by atoms with Crippen LogP contribution in [0.3, 0.4) is 0 Å². The molecule has 0 radical (unpaired) electrons. The lowest BCUT2D eigenvalue weighted by molar-refractivity contribution is 0.0753. The van der Waals surface area contributed by atoms with Crippen LogP contribution >= 0.6 is 11.6 Å². The van der Waals surface area contributed by atoms with Crippen LogP contribution in [0.5, 0.6) is 0 Å². The lowest BCUT2D eigenvalue weighted by atomic mass is 10.2. The zero-order chi connectivity index (χ0) is 11.2. The molecule has 1 fully saturated rings. The van der Waals surface area contributed by atoms with Crippen molar-refractivity contribution < 1.29 is 4.74 Å². The lowest BCUT2D eigenvalue weighted by Crippen LogP contribution is -2.42. The summed E-state index contributed by atoms with van der Waals surface area (Å²) in [5, 5.41) is 7.55. The molecular weight excluding hydrogens is 224 g/mol. The van der Waals surface area contributed by atoms with Gasteiger partial charge in [-0.3, -0.25) is 0 Å². The molecular formula is C12H17ClN2O. The van der Waals surface area contributed by atoms with Crippen molar-refractivity contribution >= 4 is 17.3 Å². The van der Waals surface area contributed by atoms with Crippen molar-refractivity contribution in [3.05, 3.63) is 29.3 Å². The van der Waals surface area contributed by atoms with E-state index in [1.165, 1.54) is 0 Å². The third-order valence-electron chi connectivity index (χ3n) is 2.64. The van der Waals surface area contributed by atoms with Crippen LogP contribution in [0.25, 0.3) is 0 Å². The van der Waals surface area contributed by atoms with Gasteiger partial charge in [-0.25, -0.2) is 0 Å². The van der Waals surface area contributed by atoms with E-state index in [-0.39, 0.29) is 0 Å². The predicted molar refractivity (Wildman–Crippen MR) is 67.2 cm³/mol. The van der Waals surface area contributed by atoms with Gasteiger partial charge in [-0.05, 0) is 24.6 Å². The Balaban J connectivity index is 1.71. The molecule has 1 aromatic rings. The fourth-order valence-corrected chi connectivity index (χ4v) is 1.98. The highest BCUT2D eigenvalue weighted by atomic mass is 35.5. The van der Waals surface area contributed by atoms with E-state index < -0.39 is 0 Å². The molecule has 2 N–H and O–H groups in total. The Hall–Kier alpha value is -0.770. The zero-order valence-electron chi connectivity index (χ0n) is 9.21. The van der Waals surface area contributed by atoms with E-state index in [4.69, 9.17) is 16.3 Å². The molecule has 1 aliphatic heterocycles. The van der Waals surface area contributed by atoms with Crippen LogP contribution in [-0.4, -0.2) is 32.3 Å². The van der Waals surface area contributed by atoms with Crippen molar-refractivity contribution in [3.8, 4) is 0 Å². The van der Waals surface area contributed by atoms with Gasteiger partial charge in [-0.15, -0.1) is 0 Å². The largest absolute Gasteiger partial charge is 0.385 e. The molecule has 3 nitrogen and oxygen atoms in total. The van der Waals surface area contributed by atoms with E-state index in [9.17, 15) is 0 Å². The fourth-order valence-electron chi connectivity index (χ4n) is 1.79. The monoisotopic (exact) mass is 240 g/mol. The maximum Gasteiger partial charge on any atom is 0.0620 e. The molecule has 1 aromatic carbocycles. The molecule has 0 bridgehead atoms. The van der Waals surface area contributed by atoms with E-state index >= 15 is 0 Å². The molecule has 1 aliphatic rings. The van der Waals surface area contributed by atoms with Crippen LogP contribution in [0.4, 0.5) is 5.69 Å². The standard InChI is InChI=1S/C12H17ClN2O/c13-10-2-1-3-11(8-10)14-5-4-12-9-16-7-6-15-12/h1-3,8,12,14-15H,4-7,9H2. The highest BCUT2D eigenvalue weighted by Gasteiger charge is 2.11. The SMILES string of the molecule is Clc1cccc(NCCC2COCCN2)c1. The molecule has 0 aliphatic carbocycles. The summed E-state index contributed by atoms with van der Waals surface area (Å²) in [7, 11) is 0. The van der Waals surface area contributed by atoms with Gasteiger partial charge in [0.05, 0.1) is 13.2 Å². The van der Waals surface area contributed by atoms with E-state index in [2.05, 4.69) is 10.6 Å². The molecule has 1 atom stereocenters. The molecule has 0 aromatic heterocycles. The summed E-state index contributed by atoms with van der Waals surface area (Å²) in [5.41, 5.74) is 1.07. The van der Waals surface area contributed by atoms with Crippen molar-refractivity contribution in [1.29, 1.82) is 0 Å². The van der Waals surface area contributed by atoms with E-state index in [1.54, 1.807) is 0 Å². The number of anilines is 1. The first kappa shape index (κ1) is 11.7. The Bertz CT molecular complexity index is 327. The number of hydrogen-bond donors (Lipinski definition) is 2. The summed E-state index contributed by atoms with van der Waals surface area (Å²) in [6.45, 7) is 3.54. The molecule has 88 valence electrons. The number of benzene rings is 1. The van der Waals surface area contributed by atoms with Crippen molar-refractivity contribution in [3.63, 3.8) is 0 Å². The minimum Gasteiger partial charge on any atom is -0.385 e. The van der Waals surface area contributed by atoms with E-state index in [0.717, 1.165) is 43.4 Å². The first-order chi connectivity index (χ1) is 7.84. The highest BCUT2D eigenvalue weighted by Crippen LogP contribution is 2.14. The van der Waals surface area contributed by atoms with Gasteiger partial charge in [-0.1, -0.05) is 17.7 Å². The minimum atomic E-state index is 0.473. The van der Waals surface area contributed by atoms with Gasteiger partial charge >= 0.3 is 0 Å². The van der Waals surface area contributed by atoms with Gasteiger partial charge in [0.1, 0.15) is 0 Å². The smallest absolute Gasteiger partial charge is 0.0620 e. The van der Waals surface area contributed by atoms with Crippen molar-refractivity contribution in [2.75, 3.05) is 31.6 Å². The molecule has 2 rings (SSSR count). The topological polar surface area (TPSA) is 33.3 Å². The third-order valence-corrected chi connectivity index (χ3v) is 2.88. The molecule has 4 heteroatoms. The average molecular weight is 241 g/mol. The van der Waals surface area contributed by atoms with Gasteiger partial charge in [-0.2, -0.15) is 0 Å². The summed E-state index contributed by atoms with van der Waals surface area (Å²) < 4.78 is 5.39. The Morgan fingerprint density at radius 1 is 1.50 bits per heavy atom. The molecule has 0 spiro atoms. The summed E-state index contributed by atoms with van der Waals surface area (Å²) >= 11 is 5.90. The van der Waals surface area contributed by atoms with Crippen LogP contribution in [0, 0.1) is 0 Å². The second-order valence-electron chi connectivity index (χ2n) is 3.95. The number of halogens is 1. The van der Waals surface area contributed by atoms with Crippen LogP contribution in [0.2, 0.25) is 5.02 Å². The zero-order valence-corrected chi connectivity index (χ0v) is 9.96. The minimum absolute atomic E-state index is 0.473. The Morgan fingerprint density at radius 3 is 3.19 bits per heavy atom. The van der Waals surface area contributed by atoms with E-state index in [1.807, 2.05) is 24.3 Å². The average Bonchev–Trinajstić information content (AvgIpc) is 2.30. The maximum absolute atomic E-state index is 5.90. The van der Waals surface area contributed by atoms with Crippen molar-refractivity contribution in [2.24, 2.45) is 0 Å². The normalized spacial score (nSPS) is 20.7. The number of ether oxygens (including phenoxy) is 1. The Morgan fingerprint density at radius 2 is 2.44 bits per heavy atom. The molecule has 16 heavy (non-hydrogen) atoms. The van der Waals surface area contributed by atoms with Crippen molar-refractivity contribution in [2.45, 2.75) is 12.5 Å². The maximum atomic E-state index is 5.90. The number of hydrogen-bond acceptors (Lipinski definition) is 3. The van der Waals surface area contributed by atoms with Gasteiger partial charge in [0.2, 0.25) is 0 Å². The second kappa shape index (κ2) is 6.09. The van der Waals surface area contributed by atoms with Crippen LogP contribution in [0.1, 0.15) is 6.42 Å². The Labute approximate surface area is 101 Å². The first-order valence-electron chi connectivity index (χ1n) is 5.65. The summed E-state index contributed by atoms with van der Waals surface area (Å²) in [5.74, 6) is 0. The summed E-state index contributed by atoms with van der Waals surface area (Å²) in [4.78, 5) is 0. The van der Waals surface area contributed by atoms with Gasteiger partial charge in [0.25, 0.3) is 0 Å². The van der Waals surface area contributed by atoms with Gasteiger partial charge < -0.3 is 15.4 Å². The van der Waals surface area contributed by atoms with Crippen LogP contribution in [0.15, 0.2) is 24.3 Å². The van der Waals surface area contributed by atoms with Gasteiger partial charge in [0.15, 0.2) is 0 Å².